The largest absolute Gasteiger partial charge is 0.492 e. The van der Waals surface area contributed by atoms with Crippen molar-refractivity contribution in [2.24, 2.45) is 0 Å². The van der Waals surface area contributed by atoms with Gasteiger partial charge in [-0.1, -0.05) is 36.9 Å². The number of ether oxygens (including phenoxy) is 1. The van der Waals surface area contributed by atoms with Crippen LogP contribution in [-0.2, 0) is 0 Å². The molecule has 0 aliphatic carbocycles. The smallest absolute Gasteiger partial charge is 0.170 e. The Balaban J connectivity index is 1.85. The zero-order valence-corrected chi connectivity index (χ0v) is 12.2. The molecule has 1 aromatic carbocycles. The van der Waals surface area contributed by atoms with E-state index in [0.29, 0.717) is 17.9 Å². The van der Waals surface area contributed by atoms with Gasteiger partial charge in [0.1, 0.15) is 18.7 Å². The highest BCUT2D eigenvalue weighted by molar-refractivity contribution is 8.01. The minimum atomic E-state index is 0.295. The van der Waals surface area contributed by atoms with Gasteiger partial charge < -0.3 is 10.1 Å². The van der Waals surface area contributed by atoms with Crippen LogP contribution in [0.25, 0.3) is 0 Å². The van der Waals surface area contributed by atoms with E-state index < -0.39 is 0 Å². The van der Waals surface area contributed by atoms with Crippen molar-refractivity contribution in [1.29, 1.82) is 0 Å². The predicted molar refractivity (Wildman–Crippen MR) is 77.9 cm³/mol. The van der Waals surface area contributed by atoms with Gasteiger partial charge in [-0.25, -0.2) is 4.98 Å². The molecule has 0 bridgehead atoms. The van der Waals surface area contributed by atoms with Crippen molar-refractivity contribution in [3.05, 3.63) is 36.2 Å². The lowest BCUT2D eigenvalue weighted by Crippen LogP contribution is -2.37. The van der Waals surface area contributed by atoms with E-state index in [0.717, 1.165) is 16.6 Å². The molecule has 6 heteroatoms. The summed E-state index contributed by atoms with van der Waals surface area (Å²) in [6.45, 7) is 3.76. The Kier molecular flexibility index (Phi) is 4.00. The first-order valence-corrected chi connectivity index (χ1v) is 7.92. The summed E-state index contributed by atoms with van der Waals surface area (Å²) < 4.78 is 10.9. The van der Waals surface area contributed by atoms with E-state index in [2.05, 4.69) is 33.7 Å². The molecule has 1 N–H and O–H groups in total. The molecule has 2 unspecified atom stereocenters. The standard InChI is InChI=1S/C13H15N3OS2/c1-2-14-12-9-5-3-4-6-10(9)17-7-11(12)18-13-15-8-16-19-13/h3-6,8,11-12,14H,2,7H2,1H3. The van der Waals surface area contributed by atoms with Crippen molar-refractivity contribution in [3.63, 3.8) is 0 Å². The number of nitrogens with zero attached hydrogens (tertiary/aromatic N) is 2. The van der Waals surface area contributed by atoms with E-state index in [1.165, 1.54) is 17.1 Å². The van der Waals surface area contributed by atoms with Crippen LogP contribution in [0.4, 0.5) is 0 Å². The van der Waals surface area contributed by atoms with Gasteiger partial charge in [-0.2, -0.15) is 4.37 Å². The number of hydrogen-bond acceptors (Lipinski definition) is 6. The summed E-state index contributed by atoms with van der Waals surface area (Å²) in [7, 11) is 0. The molecule has 1 aliphatic rings. The Bertz CT molecular complexity index is 532. The molecule has 0 spiro atoms. The van der Waals surface area contributed by atoms with E-state index in [1.807, 2.05) is 12.1 Å². The molecule has 3 rings (SSSR count). The van der Waals surface area contributed by atoms with Gasteiger partial charge in [0.15, 0.2) is 4.34 Å². The maximum atomic E-state index is 5.86. The summed E-state index contributed by atoms with van der Waals surface area (Å²) >= 11 is 3.18. The van der Waals surface area contributed by atoms with Gasteiger partial charge in [0.2, 0.25) is 0 Å². The Morgan fingerprint density at radius 3 is 3.16 bits per heavy atom. The first-order chi connectivity index (χ1) is 9.38. The third-order valence-electron chi connectivity index (χ3n) is 3.05. The van der Waals surface area contributed by atoms with Gasteiger partial charge in [-0.3, -0.25) is 0 Å². The third kappa shape index (κ3) is 2.75. The first kappa shape index (κ1) is 12.9. The van der Waals surface area contributed by atoms with E-state index in [-0.39, 0.29) is 0 Å². The maximum absolute atomic E-state index is 5.86. The second kappa shape index (κ2) is 5.90. The molecular formula is C13H15N3OS2. The van der Waals surface area contributed by atoms with Crippen LogP contribution in [0.1, 0.15) is 18.5 Å². The lowest BCUT2D eigenvalue weighted by atomic mass is 10.0. The van der Waals surface area contributed by atoms with Crippen molar-refractivity contribution < 1.29 is 4.74 Å². The summed E-state index contributed by atoms with van der Waals surface area (Å²) in [4.78, 5) is 4.25. The van der Waals surface area contributed by atoms with Crippen LogP contribution in [0.15, 0.2) is 34.9 Å². The van der Waals surface area contributed by atoms with Gasteiger partial charge in [0.05, 0.1) is 11.3 Å². The van der Waals surface area contributed by atoms with Gasteiger partial charge >= 0.3 is 0 Å². The van der Waals surface area contributed by atoms with Crippen LogP contribution < -0.4 is 10.1 Å². The first-order valence-electron chi connectivity index (χ1n) is 6.27. The average molecular weight is 293 g/mol. The molecule has 0 saturated heterocycles. The highest BCUT2D eigenvalue weighted by Crippen LogP contribution is 2.39. The summed E-state index contributed by atoms with van der Waals surface area (Å²) in [5.74, 6) is 0.988. The second-order valence-corrected chi connectivity index (χ2v) is 6.51. The molecule has 0 fully saturated rings. The predicted octanol–water partition coefficient (Wildman–Crippen LogP) is 2.74. The SMILES string of the molecule is CCNC1c2ccccc2OCC1Sc1ncns1. The Labute approximate surface area is 120 Å². The Morgan fingerprint density at radius 1 is 1.47 bits per heavy atom. The normalized spacial score (nSPS) is 21.7. The van der Waals surface area contributed by atoms with E-state index in [4.69, 9.17) is 4.74 Å². The van der Waals surface area contributed by atoms with Crippen molar-refractivity contribution in [2.75, 3.05) is 13.2 Å². The molecule has 2 aromatic rings. The lowest BCUT2D eigenvalue weighted by molar-refractivity contribution is 0.261. The molecule has 1 aliphatic heterocycles. The number of rotatable bonds is 4. The molecular weight excluding hydrogens is 278 g/mol. The molecule has 1 aromatic heterocycles. The summed E-state index contributed by atoms with van der Waals surface area (Å²) in [6.07, 6.45) is 1.60. The van der Waals surface area contributed by atoms with Crippen LogP contribution >= 0.6 is 23.3 Å². The number of para-hydroxylation sites is 1. The summed E-state index contributed by atoms with van der Waals surface area (Å²) in [5, 5.41) is 3.88. The highest BCUT2D eigenvalue weighted by atomic mass is 32.2. The van der Waals surface area contributed by atoms with E-state index in [1.54, 1.807) is 18.1 Å². The molecule has 0 saturated carbocycles. The van der Waals surface area contributed by atoms with E-state index >= 15 is 0 Å². The fourth-order valence-electron chi connectivity index (χ4n) is 2.25. The van der Waals surface area contributed by atoms with Crippen LogP contribution in [0.3, 0.4) is 0 Å². The maximum Gasteiger partial charge on any atom is 0.170 e. The molecule has 2 atom stereocenters. The third-order valence-corrected chi connectivity index (χ3v) is 5.04. The fraction of sp³-hybridized carbons (Fsp3) is 0.385. The van der Waals surface area contributed by atoms with Crippen molar-refractivity contribution in [3.8, 4) is 5.75 Å². The number of aromatic nitrogens is 2. The lowest BCUT2D eigenvalue weighted by Gasteiger charge is -2.33. The minimum Gasteiger partial charge on any atom is -0.492 e. The Hall–Kier alpha value is -1.11. The van der Waals surface area contributed by atoms with Crippen LogP contribution in [0.5, 0.6) is 5.75 Å². The van der Waals surface area contributed by atoms with Gasteiger partial charge in [-0.15, -0.1) is 0 Å². The zero-order valence-electron chi connectivity index (χ0n) is 10.6. The Morgan fingerprint density at radius 2 is 2.37 bits per heavy atom. The van der Waals surface area contributed by atoms with Crippen LogP contribution in [0.2, 0.25) is 0 Å². The quantitative estimate of drug-likeness (QED) is 0.939. The molecule has 4 nitrogen and oxygen atoms in total. The topological polar surface area (TPSA) is 47.0 Å². The number of fused-ring (bicyclic) bond motifs is 1. The number of nitrogens with one attached hydrogen (secondary N) is 1. The van der Waals surface area contributed by atoms with Gasteiger partial charge in [0, 0.05) is 5.56 Å². The molecule has 2 heterocycles. The van der Waals surface area contributed by atoms with Gasteiger partial charge in [-0.05, 0) is 24.1 Å². The van der Waals surface area contributed by atoms with Crippen molar-refractivity contribution >= 4 is 23.3 Å². The summed E-state index contributed by atoms with van der Waals surface area (Å²) in [5.41, 5.74) is 1.23. The number of thioether (sulfide) groups is 1. The van der Waals surface area contributed by atoms with Crippen molar-refractivity contribution in [2.45, 2.75) is 22.6 Å². The van der Waals surface area contributed by atoms with Gasteiger partial charge in [0.25, 0.3) is 0 Å². The molecule has 100 valence electrons. The molecule has 0 radical (unpaired) electrons. The van der Waals surface area contributed by atoms with Crippen molar-refractivity contribution in [1.82, 2.24) is 14.7 Å². The van der Waals surface area contributed by atoms with Crippen LogP contribution in [-0.4, -0.2) is 27.8 Å². The van der Waals surface area contributed by atoms with E-state index in [9.17, 15) is 0 Å². The number of benzene rings is 1. The molecule has 19 heavy (non-hydrogen) atoms. The monoisotopic (exact) mass is 293 g/mol. The average Bonchev–Trinajstić information content (AvgIpc) is 2.94. The summed E-state index contributed by atoms with van der Waals surface area (Å²) in [6, 6.07) is 8.54. The zero-order chi connectivity index (χ0) is 13.1. The van der Waals surface area contributed by atoms with Crippen LogP contribution in [0, 0.1) is 0 Å². The number of hydrogen-bond donors (Lipinski definition) is 1. The second-order valence-electron chi connectivity index (χ2n) is 4.25. The molecule has 0 amide bonds. The minimum absolute atomic E-state index is 0.295. The highest BCUT2D eigenvalue weighted by Gasteiger charge is 2.31. The fourth-order valence-corrected chi connectivity index (χ4v) is 4.08.